The van der Waals surface area contributed by atoms with E-state index in [-0.39, 0.29) is 30.5 Å². The van der Waals surface area contributed by atoms with Crippen molar-refractivity contribution in [2.75, 3.05) is 0 Å². The molecule has 0 saturated heterocycles. The summed E-state index contributed by atoms with van der Waals surface area (Å²) in [6, 6.07) is 0. The summed E-state index contributed by atoms with van der Waals surface area (Å²) in [4.78, 5) is 12.4. The van der Waals surface area contributed by atoms with Crippen LogP contribution in [0.5, 0.6) is 0 Å². The number of ketones is 1. The van der Waals surface area contributed by atoms with Crippen LogP contribution in [0.4, 0.5) is 8.78 Å². The molecular weight excluding hydrogens is 300 g/mol. The summed E-state index contributed by atoms with van der Waals surface area (Å²) >= 11 is 0. The number of carbonyl (C=O) groups excluding carboxylic acids is 1. The Bertz CT molecular complexity index is 830. The van der Waals surface area contributed by atoms with Crippen LogP contribution in [0.15, 0.2) is 18.5 Å². The van der Waals surface area contributed by atoms with Crippen molar-refractivity contribution in [1.82, 2.24) is 14.8 Å². The molecule has 1 saturated carbocycles. The van der Waals surface area contributed by atoms with Crippen LogP contribution in [0.25, 0.3) is 17.7 Å². The van der Waals surface area contributed by atoms with Crippen molar-refractivity contribution in [3.63, 3.8) is 0 Å². The lowest BCUT2D eigenvalue weighted by Gasteiger charge is -2.27. The topological polar surface area (TPSA) is 47.3 Å². The third-order valence-corrected chi connectivity index (χ3v) is 4.94. The van der Waals surface area contributed by atoms with Crippen molar-refractivity contribution in [2.45, 2.75) is 38.0 Å². The maximum atomic E-state index is 13.2. The molecule has 1 atom stereocenters. The molecule has 0 aromatic carbocycles. The third-order valence-electron chi connectivity index (χ3n) is 4.94. The predicted molar refractivity (Wildman–Crippen MR) is 81.7 cm³/mol. The molecule has 2 heterocycles. The number of carbonyl (C=O) groups is 1. The summed E-state index contributed by atoms with van der Waals surface area (Å²) in [6.45, 7) is 0. The first-order chi connectivity index (χ1) is 11.0. The lowest BCUT2D eigenvalue weighted by molar-refractivity contribution is -0.127. The molecule has 2 aromatic rings. The first kappa shape index (κ1) is 14.5. The SMILES string of the molecule is O=C(CC1C=Cc2cn3nncc3c2=C1)C1CCC(F)(F)CC1. The summed E-state index contributed by atoms with van der Waals surface area (Å²) in [5.74, 6) is -2.69. The summed E-state index contributed by atoms with van der Waals surface area (Å²) in [5.41, 5.74) is 2.00. The molecule has 1 unspecified atom stereocenters. The van der Waals surface area contributed by atoms with Gasteiger partial charge < -0.3 is 0 Å². The average molecular weight is 317 g/mol. The first-order valence-corrected chi connectivity index (χ1v) is 7.95. The van der Waals surface area contributed by atoms with Crippen molar-refractivity contribution >= 4 is 23.5 Å². The number of Topliss-reactive ketones (excluding diaryl/α,β-unsaturated/α-hetero) is 1. The van der Waals surface area contributed by atoms with Gasteiger partial charge in [-0.05, 0) is 12.8 Å². The smallest absolute Gasteiger partial charge is 0.248 e. The Labute approximate surface area is 131 Å². The third kappa shape index (κ3) is 2.66. The minimum absolute atomic E-state index is 0.0125. The van der Waals surface area contributed by atoms with Crippen LogP contribution in [0, 0.1) is 11.8 Å². The summed E-state index contributed by atoms with van der Waals surface area (Å²) in [7, 11) is 0. The van der Waals surface area contributed by atoms with E-state index in [1.807, 2.05) is 18.3 Å². The van der Waals surface area contributed by atoms with E-state index in [1.54, 1.807) is 10.7 Å². The lowest BCUT2D eigenvalue weighted by Crippen LogP contribution is -2.29. The molecule has 0 radical (unpaired) electrons. The quantitative estimate of drug-likeness (QED) is 0.874. The zero-order valence-corrected chi connectivity index (χ0v) is 12.6. The van der Waals surface area contributed by atoms with Gasteiger partial charge >= 0.3 is 0 Å². The molecule has 120 valence electrons. The predicted octanol–water partition coefficient (Wildman–Crippen LogP) is 2.66. The number of alkyl halides is 2. The van der Waals surface area contributed by atoms with Gasteiger partial charge in [0.2, 0.25) is 5.92 Å². The largest absolute Gasteiger partial charge is 0.299 e. The Morgan fingerprint density at radius 1 is 1.35 bits per heavy atom. The zero-order valence-electron chi connectivity index (χ0n) is 12.6. The average Bonchev–Trinajstić information content (AvgIpc) is 3.08. The molecule has 0 aliphatic heterocycles. The van der Waals surface area contributed by atoms with Gasteiger partial charge in [0.15, 0.2) is 0 Å². The van der Waals surface area contributed by atoms with Gasteiger partial charge in [-0.2, -0.15) is 0 Å². The van der Waals surface area contributed by atoms with Crippen LogP contribution < -0.4 is 5.22 Å². The Morgan fingerprint density at radius 3 is 2.91 bits per heavy atom. The minimum atomic E-state index is -2.58. The molecule has 2 aromatic heterocycles. The number of rotatable bonds is 3. The van der Waals surface area contributed by atoms with Crippen LogP contribution in [-0.2, 0) is 4.79 Å². The van der Waals surface area contributed by atoms with E-state index >= 15 is 0 Å². The van der Waals surface area contributed by atoms with E-state index in [2.05, 4.69) is 16.4 Å². The summed E-state index contributed by atoms with van der Waals surface area (Å²) < 4.78 is 28.1. The molecule has 0 N–H and O–H groups in total. The van der Waals surface area contributed by atoms with Gasteiger partial charge in [-0.1, -0.05) is 23.4 Å². The van der Waals surface area contributed by atoms with E-state index in [4.69, 9.17) is 0 Å². The number of fused-ring (bicyclic) bond motifs is 3. The Kier molecular flexibility index (Phi) is 3.28. The van der Waals surface area contributed by atoms with Gasteiger partial charge in [-0.3, -0.25) is 4.79 Å². The molecule has 2 aliphatic rings. The number of halogens is 2. The fourth-order valence-corrected chi connectivity index (χ4v) is 3.58. The molecular formula is C17H17F2N3O. The van der Waals surface area contributed by atoms with Crippen molar-refractivity contribution < 1.29 is 13.6 Å². The zero-order chi connectivity index (χ0) is 16.0. The molecule has 0 spiro atoms. The number of aromatic nitrogens is 3. The van der Waals surface area contributed by atoms with Gasteiger partial charge in [-0.15, -0.1) is 5.10 Å². The Morgan fingerprint density at radius 2 is 2.13 bits per heavy atom. The van der Waals surface area contributed by atoms with Gasteiger partial charge in [0.05, 0.1) is 11.7 Å². The van der Waals surface area contributed by atoms with Crippen LogP contribution in [-0.4, -0.2) is 26.5 Å². The Balaban J connectivity index is 1.49. The van der Waals surface area contributed by atoms with Gasteiger partial charge in [-0.25, -0.2) is 13.3 Å². The molecule has 2 aliphatic carbocycles. The standard InChI is InChI=1S/C17H17F2N3O/c18-17(19)5-3-12(4-6-17)16(23)8-11-1-2-13-10-22-15(9-20-21-22)14(13)7-11/h1-2,7,9-12H,3-6,8H2. The highest BCUT2D eigenvalue weighted by atomic mass is 19.3. The van der Waals surface area contributed by atoms with Crippen LogP contribution in [0.2, 0.25) is 0 Å². The molecule has 23 heavy (non-hydrogen) atoms. The van der Waals surface area contributed by atoms with E-state index in [0.717, 1.165) is 16.3 Å². The molecule has 0 amide bonds. The highest BCUT2D eigenvalue weighted by Crippen LogP contribution is 2.37. The number of allylic oxidation sites excluding steroid dienone is 1. The van der Waals surface area contributed by atoms with Crippen LogP contribution in [0.1, 0.15) is 37.7 Å². The van der Waals surface area contributed by atoms with Gasteiger partial charge in [0.25, 0.3) is 0 Å². The monoisotopic (exact) mass is 317 g/mol. The molecule has 1 fully saturated rings. The van der Waals surface area contributed by atoms with Gasteiger partial charge in [0, 0.05) is 48.1 Å². The van der Waals surface area contributed by atoms with Crippen molar-refractivity contribution in [3.05, 3.63) is 29.3 Å². The van der Waals surface area contributed by atoms with Crippen LogP contribution in [0.3, 0.4) is 0 Å². The molecule has 4 rings (SSSR count). The molecule has 0 bridgehead atoms. The molecule has 6 heteroatoms. The lowest BCUT2D eigenvalue weighted by atomic mass is 9.81. The fraction of sp³-hybridized carbons (Fsp3) is 0.471. The van der Waals surface area contributed by atoms with E-state index in [9.17, 15) is 13.6 Å². The van der Waals surface area contributed by atoms with Crippen LogP contribution >= 0.6 is 0 Å². The molecule has 4 nitrogen and oxygen atoms in total. The maximum Gasteiger partial charge on any atom is 0.248 e. The van der Waals surface area contributed by atoms with E-state index < -0.39 is 5.92 Å². The van der Waals surface area contributed by atoms with Crippen molar-refractivity contribution in [3.8, 4) is 0 Å². The second-order valence-electron chi connectivity index (χ2n) is 6.55. The van der Waals surface area contributed by atoms with Gasteiger partial charge in [0.1, 0.15) is 5.78 Å². The number of hydrogen-bond acceptors (Lipinski definition) is 3. The number of nitrogens with zero attached hydrogens (tertiary/aromatic N) is 3. The highest BCUT2D eigenvalue weighted by molar-refractivity contribution is 5.83. The maximum absolute atomic E-state index is 13.2. The van der Waals surface area contributed by atoms with E-state index in [1.165, 1.54) is 0 Å². The van der Waals surface area contributed by atoms with E-state index in [0.29, 0.717) is 19.3 Å². The second kappa shape index (κ2) is 5.22. The van der Waals surface area contributed by atoms with Crippen molar-refractivity contribution in [1.29, 1.82) is 0 Å². The summed E-state index contributed by atoms with van der Waals surface area (Å²) in [6.07, 6.45) is 10.3. The Hall–Kier alpha value is -2.11. The number of hydrogen-bond donors (Lipinski definition) is 0. The summed E-state index contributed by atoms with van der Waals surface area (Å²) in [5, 5.41) is 8.89. The van der Waals surface area contributed by atoms with Crippen molar-refractivity contribution in [2.24, 2.45) is 11.8 Å². The second-order valence-corrected chi connectivity index (χ2v) is 6.55. The fourth-order valence-electron chi connectivity index (χ4n) is 3.58. The first-order valence-electron chi connectivity index (χ1n) is 7.95. The minimum Gasteiger partial charge on any atom is -0.299 e. The normalized spacial score (nSPS) is 23.7. The highest BCUT2D eigenvalue weighted by Gasteiger charge is 2.37.